The summed E-state index contributed by atoms with van der Waals surface area (Å²) in [6.07, 6.45) is 2.39. The van der Waals surface area contributed by atoms with Crippen LogP contribution in [0.5, 0.6) is 0 Å². The third-order valence-corrected chi connectivity index (χ3v) is 6.08. The van der Waals surface area contributed by atoms with Gasteiger partial charge in [0.05, 0.1) is 24.1 Å². The molecular weight excluding hydrogens is 372 g/mol. The molecule has 0 fully saturated rings. The highest BCUT2D eigenvalue weighted by molar-refractivity contribution is 5.91. The van der Waals surface area contributed by atoms with E-state index in [1.54, 1.807) is 13.2 Å². The molecule has 0 bridgehead atoms. The molecule has 1 aliphatic rings. The molecule has 4 rings (SSSR count). The maximum absolute atomic E-state index is 11.9. The van der Waals surface area contributed by atoms with Crippen LogP contribution in [0.2, 0.25) is 0 Å². The Bertz CT molecular complexity index is 1060. The number of aromatic nitrogens is 2. The molecule has 3 aromatic rings. The summed E-state index contributed by atoms with van der Waals surface area (Å²) in [4.78, 5) is 23.2. The number of hydrogen-bond donors (Lipinski definition) is 1. The van der Waals surface area contributed by atoms with Gasteiger partial charge in [0.25, 0.3) is 5.91 Å². The number of nitrogens with zero attached hydrogens (tertiary/aromatic N) is 3. The zero-order chi connectivity index (χ0) is 21.3. The lowest BCUT2D eigenvalue weighted by Gasteiger charge is -2.31. The van der Waals surface area contributed by atoms with Crippen LogP contribution in [0.3, 0.4) is 0 Å². The number of anilines is 1. The molecule has 1 N–H and O–H groups in total. The third-order valence-electron chi connectivity index (χ3n) is 6.08. The molecule has 0 unspecified atom stereocenters. The zero-order valence-electron chi connectivity index (χ0n) is 18.1. The average molecular weight is 401 g/mol. The maximum atomic E-state index is 11.9. The van der Waals surface area contributed by atoms with Gasteiger partial charge in [-0.3, -0.25) is 9.78 Å². The Hall–Kier alpha value is -3.21. The van der Waals surface area contributed by atoms with Crippen molar-refractivity contribution in [2.45, 2.75) is 39.2 Å². The van der Waals surface area contributed by atoms with E-state index >= 15 is 0 Å². The van der Waals surface area contributed by atoms with Crippen LogP contribution in [-0.2, 0) is 18.4 Å². The fraction of sp³-hybridized carbons (Fsp3) is 0.320. The SMILES string of the molecule is CNC(=O)c1cnc2c(n1)CN(c1ccc(C(C)(C)c3ccc(C)cc3)cc1)CC2. The lowest BCUT2D eigenvalue weighted by Crippen LogP contribution is -2.33. The number of benzene rings is 2. The van der Waals surface area contributed by atoms with Gasteiger partial charge in [-0.25, -0.2) is 4.98 Å². The van der Waals surface area contributed by atoms with Crippen LogP contribution < -0.4 is 10.2 Å². The Morgan fingerprint density at radius 2 is 1.63 bits per heavy atom. The molecule has 30 heavy (non-hydrogen) atoms. The van der Waals surface area contributed by atoms with E-state index in [-0.39, 0.29) is 11.3 Å². The fourth-order valence-corrected chi connectivity index (χ4v) is 3.97. The van der Waals surface area contributed by atoms with Crippen molar-refractivity contribution in [3.63, 3.8) is 0 Å². The summed E-state index contributed by atoms with van der Waals surface area (Å²) < 4.78 is 0. The lowest BCUT2D eigenvalue weighted by atomic mass is 9.78. The zero-order valence-corrected chi connectivity index (χ0v) is 18.1. The van der Waals surface area contributed by atoms with Crippen molar-refractivity contribution in [2.75, 3.05) is 18.5 Å². The van der Waals surface area contributed by atoms with E-state index in [0.717, 1.165) is 30.0 Å². The van der Waals surface area contributed by atoms with Crippen molar-refractivity contribution in [1.29, 1.82) is 0 Å². The van der Waals surface area contributed by atoms with E-state index in [2.05, 4.69) is 89.5 Å². The number of carbonyl (C=O) groups is 1. The standard InChI is InChI=1S/C25H28N4O/c1-17-5-7-18(8-6-17)25(2,3)19-9-11-20(12-10-19)29-14-13-21-23(16-29)28-22(15-27-21)24(30)26-4/h5-12,15H,13-14,16H2,1-4H3,(H,26,30). The highest BCUT2D eigenvalue weighted by atomic mass is 16.1. The van der Waals surface area contributed by atoms with Crippen LogP contribution in [-0.4, -0.2) is 29.5 Å². The van der Waals surface area contributed by atoms with Crippen LogP contribution in [0.15, 0.2) is 54.7 Å². The predicted octanol–water partition coefficient (Wildman–Crippen LogP) is 4.03. The van der Waals surface area contributed by atoms with Gasteiger partial charge in [0.1, 0.15) is 5.69 Å². The molecule has 0 saturated heterocycles. The first-order chi connectivity index (χ1) is 14.4. The molecule has 5 nitrogen and oxygen atoms in total. The van der Waals surface area contributed by atoms with Crippen LogP contribution in [0, 0.1) is 6.92 Å². The number of nitrogens with one attached hydrogen (secondary N) is 1. The van der Waals surface area contributed by atoms with Crippen LogP contribution in [0.25, 0.3) is 0 Å². The van der Waals surface area contributed by atoms with Gasteiger partial charge in [-0.15, -0.1) is 0 Å². The van der Waals surface area contributed by atoms with Gasteiger partial charge >= 0.3 is 0 Å². The Balaban J connectivity index is 1.55. The molecule has 0 radical (unpaired) electrons. The minimum Gasteiger partial charge on any atom is -0.365 e. The number of rotatable bonds is 4. The number of amides is 1. The molecule has 0 spiro atoms. The smallest absolute Gasteiger partial charge is 0.271 e. The van der Waals surface area contributed by atoms with E-state index in [0.29, 0.717) is 12.2 Å². The van der Waals surface area contributed by atoms with Gasteiger partial charge in [0.2, 0.25) is 0 Å². The normalized spacial score (nSPS) is 13.7. The van der Waals surface area contributed by atoms with Gasteiger partial charge < -0.3 is 10.2 Å². The molecular formula is C25H28N4O. The van der Waals surface area contributed by atoms with E-state index in [9.17, 15) is 4.79 Å². The maximum Gasteiger partial charge on any atom is 0.271 e. The van der Waals surface area contributed by atoms with Crippen molar-refractivity contribution < 1.29 is 4.79 Å². The number of carbonyl (C=O) groups excluding carboxylic acids is 1. The van der Waals surface area contributed by atoms with Gasteiger partial charge in [-0.05, 0) is 30.2 Å². The van der Waals surface area contributed by atoms with Gasteiger partial charge in [0.15, 0.2) is 0 Å². The van der Waals surface area contributed by atoms with Gasteiger partial charge in [0, 0.05) is 31.1 Å². The summed E-state index contributed by atoms with van der Waals surface area (Å²) in [6.45, 7) is 8.19. The van der Waals surface area contributed by atoms with E-state index in [1.165, 1.54) is 16.7 Å². The Morgan fingerprint density at radius 1 is 1.00 bits per heavy atom. The highest BCUT2D eigenvalue weighted by Gasteiger charge is 2.24. The second-order valence-corrected chi connectivity index (χ2v) is 8.44. The molecule has 154 valence electrons. The minimum atomic E-state index is -0.204. The first-order valence-electron chi connectivity index (χ1n) is 10.4. The second-order valence-electron chi connectivity index (χ2n) is 8.44. The van der Waals surface area contributed by atoms with Crippen LogP contribution >= 0.6 is 0 Å². The van der Waals surface area contributed by atoms with Gasteiger partial charge in [-0.1, -0.05) is 55.8 Å². The summed E-state index contributed by atoms with van der Waals surface area (Å²) >= 11 is 0. The lowest BCUT2D eigenvalue weighted by molar-refractivity contribution is 0.0957. The van der Waals surface area contributed by atoms with Crippen molar-refractivity contribution in [3.8, 4) is 0 Å². The van der Waals surface area contributed by atoms with E-state index < -0.39 is 0 Å². The molecule has 1 aliphatic heterocycles. The largest absolute Gasteiger partial charge is 0.365 e. The molecule has 0 atom stereocenters. The van der Waals surface area contributed by atoms with Crippen molar-refractivity contribution in [3.05, 3.63) is 88.5 Å². The Kier molecular flexibility index (Phi) is 5.29. The average Bonchev–Trinajstić information content (AvgIpc) is 2.78. The molecule has 2 aromatic carbocycles. The Morgan fingerprint density at radius 3 is 2.27 bits per heavy atom. The van der Waals surface area contributed by atoms with Crippen molar-refractivity contribution >= 4 is 11.6 Å². The molecule has 2 heterocycles. The van der Waals surface area contributed by atoms with E-state index in [4.69, 9.17) is 0 Å². The molecule has 5 heteroatoms. The predicted molar refractivity (Wildman–Crippen MR) is 120 cm³/mol. The van der Waals surface area contributed by atoms with E-state index in [1.807, 2.05) is 0 Å². The topological polar surface area (TPSA) is 58.1 Å². The number of hydrogen-bond acceptors (Lipinski definition) is 4. The molecule has 1 aromatic heterocycles. The molecule has 1 amide bonds. The first kappa shape index (κ1) is 20.1. The summed E-state index contributed by atoms with van der Waals surface area (Å²) in [5, 5.41) is 2.61. The second kappa shape index (κ2) is 7.90. The quantitative estimate of drug-likeness (QED) is 0.718. The summed E-state index contributed by atoms with van der Waals surface area (Å²) in [7, 11) is 1.61. The number of aryl methyl sites for hydroxylation is 1. The Labute approximate surface area is 178 Å². The highest BCUT2D eigenvalue weighted by Crippen LogP contribution is 2.33. The molecule has 0 aliphatic carbocycles. The summed E-state index contributed by atoms with van der Waals surface area (Å²) in [5.41, 5.74) is 7.21. The van der Waals surface area contributed by atoms with Gasteiger partial charge in [-0.2, -0.15) is 0 Å². The van der Waals surface area contributed by atoms with Crippen LogP contribution in [0.4, 0.5) is 5.69 Å². The van der Waals surface area contributed by atoms with Crippen LogP contribution in [0.1, 0.15) is 52.4 Å². The first-order valence-corrected chi connectivity index (χ1v) is 10.4. The molecule has 0 saturated carbocycles. The monoisotopic (exact) mass is 400 g/mol. The minimum absolute atomic E-state index is 0.0609. The number of fused-ring (bicyclic) bond motifs is 1. The summed E-state index contributed by atoms with van der Waals surface area (Å²) in [6, 6.07) is 17.6. The third kappa shape index (κ3) is 3.80. The van der Waals surface area contributed by atoms with Crippen molar-refractivity contribution in [1.82, 2.24) is 15.3 Å². The fourth-order valence-electron chi connectivity index (χ4n) is 3.97. The summed E-state index contributed by atoms with van der Waals surface area (Å²) in [5.74, 6) is -0.204. The van der Waals surface area contributed by atoms with Crippen molar-refractivity contribution in [2.24, 2.45) is 0 Å².